The van der Waals surface area contributed by atoms with Gasteiger partial charge in [-0.25, -0.2) is 4.98 Å². The molecule has 0 fully saturated rings. The lowest BCUT2D eigenvalue weighted by molar-refractivity contribution is -0.141. The van der Waals surface area contributed by atoms with Crippen LogP contribution in [0.5, 0.6) is 5.88 Å². The molecule has 1 rings (SSSR count). The Kier molecular flexibility index (Phi) is 6.22. The number of amidine groups is 1. The molecule has 6 nitrogen and oxygen atoms in total. The van der Waals surface area contributed by atoms with E-state index in [1.54, 1.807) is 0 Å². The Morgan fingerprint density at radius 2 is 2.05 bits per heavy atom. The van der Waals surface area contributed by atoms with Gasteiger partial charge in [0.1, 0.15) is 12.3 Å². The minimum absolute atomic E-state index is 0.0000189. The van der Waals surface area contributed by atoms with Crippen molar-refractivity contribution in [2.45, 2.75) is 19.5 Å². The molecule has 0 saturated heterocycles. The minimum Gasteiger partial charge on any atom is -0.475 e. The zero-order valence-corrected chi connectivity index (χ0v) is 11.4. The number of nitrogens with zero attached hydrogens (tertiary/aromatic N) is 2. The number of oxime groups is 1. The van der Waals surface area contributed by atoms with E-state index in [0.717, 1.165) is 18.6 Å². The van der Waals surface area contributed by atoms with Crippen LogP contribution in [-0.4, -0.2) is 35.8 Å². The van der Waals surface area contributed by atoms with E-state index < -0.39 is 11.9 Å². The molecule has 0 aliphatic rings. The molecule has 0 aliphatic heterocycles. The molecule has 21 heavy (non-hydrogen) atoms. The predicted molar refractivity (Wildman–Crippen MR) is 68.4 cm³/mol. The first-order valence-electron chi connectivity index (χ1n) is 6.16. The second kappa shape index (κ2) is 7.67. The van der Waals surface area contributed by atoms with Gasteiger partial charge in [0.15, 0.2) is 5.84 Å². The molecular formula is C12H16F3N3O3. The Balaban J connectivity index is 2.90. The molecule has 0 aromatic carbocycles. The average Bonchev–Trinajstić information content (AvgIpc) is 2.45. The molecule has 1 aromatic heterocycles. The predicted octanol–water partition coefficient (Wildman–Crippen LogP) is 2.00. The maximum atomic E-state index is 12.6. The van der Waals surface area contributed by atoms with Crippen LogP contribution in [0.15, 0.2) is 17.3 Å². The van der Waals surface area contributed by atoms with Crippen LogP contribution in [0, 0.1) is 0 Å². The molecule has 9 heteroatoms. The van der Waals surface area contributed by atoms with Gasteiger partial charge in [0.25, 0.3) is 0 Å². The molecule has 118 valence electrons. The summed E-state index contributed by atoms with van der Waals surface area (Å²) in [4.78, 5) is 3.36. The number of nitrogens with two attached hydrogens (primary N) is 1. The normalized spacial score (nSPS) is 12.5. The van der Waals surface area contributed by atoms with Gasteiger partial charge >= 0.3 is 6.18 Å². The number of alkyl halides is 3. The van der Waals surface area contributed by atoms with Crippen molar-refractivity contribution < 1.29 is 27.9 Å². The highest BCUT2D eigenvalue weighted by Crippen LogP contribution is 2.30. The second-order valence-corrected chi connectivity index (χ2v) is 3.99. The molecule has 1 heterocycles. The number of hydrogen-bond acceptors (Lipinski definition) is 5. The number of aromatic nitrogens is 1. The Labute approximate surface area is 119 Å². The summed E-state index contributed by atoms with van der Waals surface area (Å²) in [5.74, 6) is -0.749. The molecular weight excluding hydrogens is 291 g/mol. The van der Waals surface area contributed by atoms with Crippen LogP contribution in [0.1, 0.15) is 24.6 Å². The van der Waals surface area contributed by atoms with E-state index in [1.165, 1.54) is 0 Å². The molecule has 0 aliphatic carbocycles. The number of pyridine rings is 1. The van der Waals surface area contributed by atoms with E-state index >= 15 is 0 Å². The molecule has 0 radical (unpaired) electrons. The van der Waals surface area contributed by atoms with E-state index in [2.05, 4.69) is 10.1 Å². The summed E-state index contributed by atoms with van der Waals surface area (Å²) < 4.78 is 48.1. The van der Waals surface area contributed by atoms with Crippen LogP contribution >= 0.6 is 0 Å². The van der Waals surface area contributed by atoms with Crippen molar-refractivity contribution in [1.82, 2.24) is 4.98 Å². The molecule has 0 saturated carbocycles. The highest BCUT2D eigenvalue weighted by molar-refractivity contribution is 5.99. The molecule has 0 atom stereocenters. The monoisotopic (exact) mass is 307 g/mol. The Morgan fingerprint density at radius 3 is 2.62 bits per heavy atom. The van der Waals surface area contributed by atoms with Gasteiger partial charge in [0.2, 0.25) is 5.88 Å². The summed E-state index contributed by atoms with van der Waals surface area (Å²) >= 11 is 0. The van der Waals surface area contributed by atoms with Crippen molar-refractivity contribution in [3.8, 4) is 5.88 Å². The summed E-state index contributed by atoms with van der Waals surface area (Å²) in [6.45, 7) is 2.64. The van der Waals surface area contributed by atoms with Crippen molar-refractivity contribution in [3.63, 3.8) is 0 Å². The summed E-state index contributed by atoms with van der Waals surface area (Å²) in [6, 6.07) is 1.76. The molecule has 0 unspecified atom stereocenters. The van der Waals surface area contributed by atoms with Crippen LogP contribution in [0.25, 0.3) is 0 Å². The summed E-state index contributed by atoms with van der Waals surface area (Å²) in [6.07, 6.45) is -3.79. The third kappa shape index (κ3) is 5.10. The summed E-state index contributed by atoms with van der Waals surface area (Å²) in [5.41, 5.74) is 4.22. The first kappa shape index (κ1) is 17.0. The smallest absolute Gasteiger partial charge is 0.433 e. The van der Waals surface area contributed by atoms with E-state index in [0.29, 0.717) is 6.61 Å². The zero-order valence-electron chi connectivity index (χ0n) is 11.4. The van der Waals surface area contributed by atoms with Gasteiger partial charge in [0.05, 0.1) is 12.2 Å². The third-order valence-electron chi connectivity index (χ3n) is 2.35. The van der Waals surface area contributed by atoms with Crippen molar-refractivity contribution in [1.29, 1.82) is 0 Å². The van der Waals surface area contributed by atoms with Crippen LogP contribution in [0.2, 0.25) is 0 Å². The van der Waals surface area contributed by atoms with Crippen molar-refractivity contribution in [3.05, 3.63) is 23.4 Å². The Hall–Kier alpha value is -2.03. The lowest BCUT2D eigenvalue weighted by Crippen LogP contribution is -2.19. The van der Waals surface area contributed by atoms with Crippen molar-refractivity contribution in [2.24, 2.45) is 10.9 Å². The quantitative estimate of drug-likeness (QED) is 0.264. The van der Waals surface area contributed by atoms with Crippen LogP contribution < -0.4 is 10.5 Å². The van der Waals surface area contributed by atoms with Gasteiger partial charge < -0.3 is 20.4 Å². The van der Waals surface area contributed by atoms with Crippen LogP contribution in [-0.2, 0) is 10.9 Å². The molecule has 1 aromatic rings. The maximum absolute atomic E-state index is 12.6. The SMILES string of the molecule is CCCOCCOc1nc(C(F)(F)F)ccc1C(N)=NO. The topological polar surface area (TPSA) is 90.0 Å². The van der Waals surface area contributed by atoms with Crippen molar-refractivity contribution >= 4 is 5.84 Å². The van der Waals surface area contributed by atoms with Gasteiger partial charge in [-0.1, -0.05) is 12.1 Å². The standard InChI is InChI=1S/C12H16F3N3O3/c1-2-5-20-6-7-21-11-8(10(16)18-19)3-4-9(17-11)12(13,14)15/h3-4,19H,2,5-7H2,1H3,(H2,16,18). The zero-order chi connectivity index (χ0) is 15.9. The van der Waals surface area contributed by atoms with Gasteiger partial charge in [-0.15, -0.1) is 0 Å². The van der Waals surface area contributed by atoms with Crippen molar-refractivity contribution in [2.75, 3.05) is 19.8 Å². The molecule has 3 N–H and O–H groups in total. The fourth-order valence-electron chi connectivity index (χ4n) is 1.40. The largest absolute Gasteiger partial charge is 0.475 e. The summed E-state index contributed by atoms with van der Waals surface area (Å²) in [7, 11) is 0. The van der Waals surface area contributed by atoms with Crippen LogP contribution in [0.4, 0.5) is 13.2 Å². The highest BCUT2D eigenvalue weighted by atomic mass is 19.4. The lowest BCUT2D eigenvalue weighted by atomic mass is 10.2. The fraction of sp³-hybridized carbons (Fsp3) is 0.500. The van der Waals surface area contributed by atoms with E-state index in [-0.39, 0.29) is 30.5 Å². The maximum Gasteiger partial charge on any atom is 0.433 e. The van der Waals surface area contributed by atoms with E-state index in [1.807, 2.05) is 6.92 Å². The first-order chi connectivity index (χ1) is 9.90. The number of rotatable bonds is 7. The van der Waals surface area contributed by atoms with Gasteiger partial charge in [-0.05, 0) is 18.6 Å². The molecule has 0 amide bonds. The Morgan fingerprint density at radius 1 is 1.33 bits per heavy atom. The lowest BCUT2D eigenvalue weighted by Gasteiger charge is -2.12. The molecule has 0 spiro atoms. The number of hydrogen-bond donors (Lipinski definition) is 2. The summed E-state index contributed by atoms with van der Waals surface area (Å²) in [5, 5.41) is 11.3. The molecule has 0 bridgehead atoms. The third-order valence-corrected chi connectivity index (χ3v) is 2.35. The van der Waals surface area contributed by atoms with Gasteiger partial charge in [-0.3, -0.25) is 0 Å². The van der Waals surface area contributed by atoms with Crippen LogP contribution in [0.3, 0.4) is 0 Å². The van der Waals surface area contributed by atoms with E-state index in [4.69, 9.17) is 20.4 Å². The first-order valence-corrected chi connectivity index (χ1v) is 6.16. The highest BCUT2D eigenvalue weighted by Gasteiger charge is 2.33. The second-order valence-electron chi connectivity index (χ2n) is 3.99. The Bertz CT molecular complexity index is 492. The minimum atomic E-state index is -4.61. The van der Waals surface area contributed by atoms with Gasteiger partial charge in [0, 0.05) is 6.61 Å². The van der Waals surface area contributed by atoms with Gasteiger partial charge in [-0.2, -0.15) is 13.2 Å². The number of halogens is 3. The number of ether oxygens (including phenoxy) is 2. The average molecular weight is 307 g/mol. The fourth-order valence-corrected chi connectivity index (χ4v) is 1.40. The van der Waals surface area contributed by atoms with E-state index in [9.17, 15) is 13.2 Å².